The van der Waals surface area contributed by atoms with E-state index in [0.717, 1.165) is 15.7 Å². The summed E-state index contributed by atoms with van der Waals surface area (Å²) >= 11 is 3.38. The summed E-state index contributed by atoms with van der Waals surface area (Å²) in [5, 5.41) is 0.363. The molecule has 0 aliphatic carbocycles. The van der Waals surface area contributed by atoms with Crippen LogP contribution in [0.2, 0.25) is 0 Å². The van der Waals surface area contributed by atoms with Crippen molar-refractivity contribution < 1.29 is 0 Å². The minimum Gasteiger partial charge on any atom is -0.348 e. The summed E-state index contributed by atoms with van der Waals surface area (Å²) in [4.78, 5) is 37.4. The largest absolute Gasteiger partial charge is 0.348 e. The normalized spacial score (nSPS) is 12.6. The Hall–Kier alpha value is -2.67. The molecule has 2 heterocycles. The van der Waals surface area contributed by atoms with Gasteiger partial charge in [0.25, 0.3) is 11.1 Å². The maximum Gasteiger partial charge on any atom is 0.272 e. The number of aromatic nitrogens is 4. The van der Waals surface area contributed by atoms with Gasteiger partial charge in [0.1, 0.15) is 10.7 Å². The number of aromatic amines is 3. The molecule has 1 aromatic carbocycles. The molecule has 0 atom stereocenters. The minimum atomic E-state index is -0.381. The summed E-state index contributed by atoms with van der Waals surface area (Å²) in [6.45, 7) is 10.1. The second-order valence-electron chi connectivity index (χ2n) is 6.99. The van der Waals surface area contributed by atoms with Gasteiger partial charge in [0.05, 0.1) is 12.0 Å². The first-order valence-corrected chi connectivity index (χ1v) is 9.89. The SMILES string of the molecule is CC.CC(C)(C)c1[nH]cnc1/C=c1\[nH]c(=O)/c(=C/c2cccc(Br)c2)[nH]c1=O. The van der Waals surface area contributed by atoms with Crippen molar-refractivity contribution >= 4 is 28.1 Å². The van der Waals surface area contributed by atoms with Gasteiger partial charge in [-0.1, -0.05) is 62.7 Å². The lowest BCUT2D eigenvalue weighted by Crippen LogP contribution is -2.46. The molecule has 2 aromatic heterocycles. The average Bonchev–Trinajstić information content (AvgIpc) is 3.10. The summed E-state index contributed by atoms with van der Waals surface area (Å²) < 4.78 is 0.892. The lowest BCUT2D eigenvalue weighted by Gasteiger charge is -2.16. The molecule has 0 fully saturated rings. The van der Waals surface area contributed by atoms with Crippen LogP contribution < -0.4 is 21.8 Å². The van der Waals surface area contributed by atoms with E-state index in [1.807, 2.05) is 58.9 Å². The van der Waals surface area contributed by atoms with Crippen molar-refractivity contribution in [3.63, 3.8) is 0 Å². The Labute approximate surface area is 171 Å². The minimum absolute atomic E-state index is 0.163. The lowest BCUT2D eigenvalue weighted by molar-refractivity contribution is 0.571. The van der Waals surface area contributed by atoms with E-state index < -0.39 is 0 Å². The third-order valence-electron chi connectivity index (χ3n) is 3.85. The van der Waals surface area contributed by atoms with Gasteiger partial charge >= 0.3 is 0 Å². The van der Waals surface area contributed by atoms with E-state index in [0.29, 0.717) is 5.69 Å². The Bertz CT molecular complexity index is 1180. The van der Waals surface area contributed by atoms with Gasteiger partial charge in [-0.2, -0.15) is 0 Å². The molecule has 148 valence electrons. The summed E-state index contributed by atoms with van der Waals surface area (Å²) in [6, 6.07) is 7.45. The van der Waals surface area contributed by atoms with Crippen molar-refractivity contribution in [1.29, 1.82) is 0 Å². The molecule has 6 nitrogen and oxygen atoms in total. The molecule has 0 radical (unpaired) electrons. The fourth-order valence-electron chi connectivity index (χ4n) is 2.61. The maximum absolute atomic E-state index is 12.4. The van der Waals surface area contributed by atoms with Gasteiger partial charge in [-0.05, 0) is 29.8 Å². The van der Waals surface area contributed by atoms with Crippen LogP contribution in [-0.4, -0.2) is 19.9 Å². The van der Waals surface area contributed by atoms with Gasteiger partial charge in [-0.25, -0.2) is 4.98 Å². The first kappa shape index (κ1) is 21.6. The topological polar surface area (TPSA) is 94.4 Å². The summed E-state index contributed by atoms with van der Waals surface area (Å²) in [7, 11) is 0. The van der Waals surface area contributed by atoms with Crippen molar-refractivity contribution in [3.8, 4) is 0 Å². The zero-order valence-electron chi connectivity index (χ0n) is 16.7. The van der Waals surface area contributed by atoms with E-state index in [1.54, 1.807) is 18.5 Å². The number of hydrogen-bond acceptors (Lipinski definition) is 3. The highest BCUT2D eigenvalue weighted by molar-refractivity contribution is 9.10. The summed E-state index contributed by atoms with van der Waals surface area (Å²) in [6.07, 6.45) is 4.79. The molecule has 7 heteroatoms. The van der Waals surface area contributed by atoms with Crippen molar-refractivity contribution in [2.75, 3.05) is 0 Å². The van der Waals surface area contributed by atoms with Gasteiger partial charge in [0.2, 0.25) is 0 Å². The van der Waals surface area contributed by atoms with Crippen LogP contribution in [-0.2, 0) is 5.41 Å². The number of H-pyrrole nitrogens is 3. The van der Waals surface area contributed by atoms with Crippen molar-refractivity contribution in [2.45, 2.75) is 40.0 Å². The van der Waals surface area contributed by atoms with Crippen molar-refractivity contribution in [2.24, 2.45) is 0 Å². The third kappa shape index (κ3) is 5.19. The van der Waals surface area contributed by atoms with Gasteiger partial charge in [-0.3, -0.25) is 9.59 Å². The highest BCUT2D eigenvalue weighted by atomic mass is 79.9. The number of hydrogen-bond donors (Lipinski definition) is 3. The molecule has 0 aliphatic heterocycles. The second-order valence-corrected chi connectivity index (χ2v) is 7.91. The van der Waals surface area contributed by atoms with Crippen LogP contribution in [0.25, 0.3) is 12.2 Å². The molecule has 0 unspecified atom stereocenters. The Balaban J connectivity index is 0.00000136. The highest BCUT2D eigenvalue weighted by Gasteiger charge is 2.19. The van der Waals surface area contributed by atoms with Crippen LogP contribution in [0.5, 0.6) is 0 Å². The van der Waals surface area contributed by atoms with E-state index in [4.69, 9.17) is 0 Å². The molecule has 3 N–H and O–H groups in total. The van der Waals surface area contributed by atoms with Crippen molar-refractivity contribution in [1.82, 2.24) is 19.9 Å². The maximum atomic E-state index is 12.4. The van der Waals surface area contributed by atoms with E-state index in [-0.39, 0.29) is 27.2 Å². The van der Waals surface area contributed by atoms with E-state index in [1.165, 1.54) is 0 Å². The number of nitrogens with one attached hydrogen (secondary N) is 3. The predicted molar refractivity (Wildman–Crippen MR) is 117 cm³/mol. The van der Waals surface area contributed by atoms with Gasteiger partial charge < -0.3 is 15.0 Å². The fourth-order valence-corrected chi connectivity index (χ4v) is 3.03. The van der Waals surface area contributed by atoms with Crippen LogP contribution in [0.3, 0.4) is 0 Å². The molecule has 0 spiro atoms. The number of nitrogens with zero attached hydrogens (tertiary/aromatic N) is 1. The van der Waals surface area contributed by atoms with Crippen LogP contribution in [0.15, 0.2) is 44.7 Å². The summed E-state index contributed by atoms with van der Waals surface area (Å²) in [5.41, 5.74) is 1.41. The molecule has 3 aromatic rings. The van der Waals surface area contributed by atoms with Crippen LogP contribution >= 0.6 is 15.9 Å². The van der Waals surface area contributed by atoms with Gasteiger partial charge in [0, 0.05) is 15.6 Å². The Morgan fingerprint density at radius 3 is 2.18 bits per heavy atom. The third-order valence-corrected chi connectivity index (χ3v) is 4.34. The Morgan fingerprint density at radius 2 is 1.61 bits per heavy atom. The Kier molecular flexibility index (Phi) is 6.96. The number of rotatable bonds is 2. The molecule has 0 amide bonds. The lowest BCUT2D eigenvalue weighted by atomic mass is 9.90. The molecule has 0 saturated heterocycles. The molecular weight excluding hydrogens is 420 g/mol. The second kappa shape index (κ2) is 9.01. The standard InChI is InChI=1S/C19H19BrN4O2.C2H6/c1-19(2,3)16-13(21-10-22-16)9-15-18(26)23-14(17(25)24-15)8-11-5-4-6-12(20)7-11;1-2/h4-10H,1-3H3,(H,21,22)(H,23,26)(H,24,25);1-2H3/b14-8-,15-9-;. The molecule has 3 rings (SSSR count). The van der Waals surface area contributed by atoms with Crippen LogP contribution in [0, 0.1) is 0 Å². The molecular formula is C21H25BrN4O2. The van der Waals surface area contributed by atoms with E-state index >= 15 is 0 Å². The number of halogens is 1. The van der Waals surface area contributed by atoms with E-state index in [9.17, 15) is 9.59 Å². The quantitative estimate of drug-likeness (QED) is 0.566. The number of benzene rings is 1. The average molecular weight is 445 g/mol. The van der Waals surface area contributed by atoms with Crippen LogP contribution in [0.4, 0.5) is 0 Å². The summed E-state index contributed by atoms with van der Waals surface area (Å²) in [5.74, 6) is 0. The number of imidazole rings is 1. The van der Waals surface area contributed by atoms with Crippen molar-refractivity contribution in [3.05, 3.63) is 83.4 Å². The zero-order valence-corrected chi connectivity index (χ0v) is 18.3. The van der Waals surface area contributed by atoms with Gasteiger partial charge in [-0.15, -0.1) is 0 Å². The first-order chi connectivity index (χ1) is 13.2. The monoisotopic (exact) mass is 444 g/mol. The van der Waals surface area contributed by atoms with E-state index in [2.05, 4.69) is 35.9 Å². The fraction of sp³-hybridized carbons (Fsp3) is 0.286. The highest BCUT2D eigenvalue weighted by Crippen LogP contribution is 2.22. The molecule has 0 saturated carbocycles. The molecule has 28 heavy (non-hydrogen) atoms. The van der Waals surface area contributed by atoms with Gasteiger partial charge in [0.15, 0.2) is 0 Å². The Morgan fingerprint density at radius 1 is 1.00 bits per heavy atom. The molecule has 0 aliphatic rings. The smallest absolute Gasteiger partial charge is 0.272 e. The molecule has 0 bridgehead atoms. The van der Waals surface area contributed by atoms with Crippen LogP contribution in [0.1, 0.15) is 51.6 Å². The first-order valence-electron chi connectivity index (χ1n) is 9.09. The predicted octanol–water partition coefficient (Wildman–Crippen LogP) is 2.53. The zero-order chi connectivity index (χ0) is 20.9.